The van der Waals surface area contributed by atoms with E-state index in [2.05, 4.69) is 21.3 Å². The molecule has 2 bridgehead atoms. The lowest BCUT2D eigenvalue weighted by atomic mass is 9.83. The summed E-state index contributed by atoms with van der Waals surface area (Å²) in [6.07, 6.45) is 6.13. The Kier molecular flexibility index (Phi) is 5.38. The molecule has 9 nitrogen and oxygen atoms in total. The fourth-order valence-electron chi connectivity index (χ4n) is 5.88. The molecule has 3 fully saturated rings. The van der Waals surface area contributed by atoms with Crippen LogP contribution in [0.5, 0.6) is 0 Å². The minimum atomic E-state index is -1.01. The second-order valence-electron chi connectivity index (χ2n) is 9.65. The molecule has 2 N–H and O–H groups in total. The number of hydrogen-bond donors (Lipinski definition) is 2. The Bertz CT molecular complexity index is 1190. The van der Waals surface area contributed by atoms with E-state index >= 15 is 0 Å². The maximum atomic E-state index is 13.2. The van der Waals surface area contributed by atoms with Gasteiger partial charge in [-0.25, -0.2) is 4.99 Å². The quantitative estimate of drug-likeness (QED) is 0.507. The summed E-state index contributed by atoms with van der Waals surface area (Å²) in [6, 6.07) is 12.3. The summed E-state index contributed by atoms with van der Waals surface area (Å²) in [5.41, 5.74) is 2.52. The van der Waals surface area contributed by atoms with Gasteiger partial charge in [0.15, 0.2) is 12.5 Å². The zero-order valence-electron chi connectivity index (χ0n) is 19.3. The molecule has 6 heterocycles. The first-order valence-electron chi connectivity index (χ1n) is 12.1. The number of benzene rings is 1. The molecule has 180 valence electrons. The van der Waals surface area contributed by atoms with E-state index in [4.69, 9.17) is 9.73 Å². The van der Waals surface area contributed by atoms with E-state index in [1.165, 1.54) is 0 Å². The molecule has 9 heteroatoms. The Balaban J connectivity index is 1.31. The molecule has 2 aromatic rings. The van der Waals surface area contributed by atoms with Gasteiger partial charge in [0.25, 0.3) is 0 Å². The van der Waals surface area contributed by atoms with Crippen LogP contribution in [-0.2, 0) is 4.74 Å². The van der Waals surface area contributed by atoms with Gasteiger partial charge >= 0.3 is 6.09 Å². The number of amides is 1. The maximum Gasteiger partial charge on any atom is 0.516 e. The van der Waals surface area contributed by atoms with Crippen LogP contribution in [0.3, 0.4) is 0 Å². The highest BCUT2D eigenvalue weighted by molar-refractivity contribution is 5.97. The van der Waals surface area contributed by atoms with Crippen molar-refractivity contribution in [2.24, 2.45) is 4.99 Å². The lowest BCUT2D eigenvalue weighted by Gasteiger charge is -2.57. The highest BCUT2D eigenvalue weighted by Gasteiger charge is 2.65. The maximum absolute atomic E-state index is 13.2. The monoisotopic (exact) mass is 474 g/mol. The molecule has 0 saturated carbocycles. The molecule has 3 saturated heterocycles. The molecule has 0 spiro atoms. The van der Waals surface area contributed by atoms with Crippen molar-refractivity contribution in [3.63, 3.8) is 0 Å². The van der Waals surface area contributed by atoms with Crippen LogP contribution >= 0.6 is 0 Å². The Morgan fingerprint density at radius 3 is 2.66 bits per heavy atom. The summed E-state index contributed by atoms with van der Waals surface area (Å²) in [7, 11) is 0. The summed E-state index contributed by atoms with van der Waals surface area (Å²) in [5, 5.41) is 14.0. The Labute approximate surface area is 203 Å². The lowest BCUT2D eigenvalue weighted by molar-refractivity contribution is -0.949. The number of carboxylic acid groups (broad SMARTS) is 1. The van der Waals surface area contributed by atoms with Crippen LogP contribution in [0, 0.1) is 0 Å². The number of hydrogen-bond acceptors (Lipinski definition) is 7. The smallest absolute Gasteiger partial charge is 0.435 e. The highest BCUT2D eigenvalue weighted by Crippen LogP contribution is 2.45. The molecule has 5 atom stereocenters. The van der Waals surface area contributed by atoms with Crippen LogP contribution in [0.4, 0.5) is 4.79 Å². The highest BCUT2D eigenvalue weighted by atomic mass is 16.6. The van der Waals surface area contributed by atoms with Crippen molar-refractivity contribution in [1.82, 2.24) is 15.2 Å². The summed E-state index contributed by atoms with van der Waals surface area (Å²) in [5.74, 6) is 0.573. The number of fused-ring (bicyclic) bond motifs is 3. The largest absolute Gasteiger partial charge is 0.516 e. The number of nitrogens with one attached hydrogen (secondary N) is 1. The second kappa shape index (κ2) is 8.58. The number of rotatable bonds is 5. The first-order chi connectivity index (χ1) is 17.0. The summed E-state index contributed by atoms with van der Waals surface area (Å²) in [4.78, 5) is 37.4. The van der Waals surface area contributed by atoms with E-state index in [0.717, 1.165) is 36.7 Å². The van der Waals surface area contributed by atoms with E-state index in [1.54, 1.807) is 36.7 Å². The molecule has 0 aliphatic carbocycles. The van der Waals surface area contributed by atoms with Crippen molar-refractivity contribution in [1.29, 1.82) is 0 Å². The van der Waals surface area contributed by atoms with Gasteiger partial charge in [0.05, 0.1) is 12.5 Å². The minimum Gasteiger partial charge on any atom is -0.435 e. The van der Waals surface area contributed by atoms with E-state index < -0.39 is 16.8 Å². The average Bonchev–Trinajstić information content (AvgIpc) is 2.88. The standard InChI is InChI=1S/C26H27N5O4/c32-23(18-4-2-1-3-5-18)16-31(26(33)34)22(14-19-15-24(31)35-19)21-9-13-30-12-8-20(28-25(30)29-21)17-6-10-27-11-7-17/h1-8,10-11,19,21-22,24H,9,12-16H2,(H-,28,29,33,34)/p+1. The topological polar surface area (TPSA) is 104 Å². The predicted octanol–water partition coefficient (Wildman–Crippen LogP) is 2.72. The van der Waals surface area contributed by atoms with E-state index in [1.807, 2.05) is 18.2 Å². The summed E-state index contributed by atoms with van der Waals surface area (Å²) < 4.78 is 5.54. The van der Waals surface area contributed by atoms with E-state index in [0.29, 0.717) is 18.4 Å². The second-order valence-corrected chi connectivity index (χ2v) is 9.65. The Hall–Kier alpha value is -3.56. The molecule has 5 unspecified atom stereocenters. The Morgan fingerprint density at radius 1 is 1.14 bits per heavy atom. The van der Waals surface area contributed by atoms with E-state index in [9.17, 15) is 14.7 Å². The van der Waals surface area contributed by atoms with Gasteiger partial charge in [-0.15, -0.1) is 0 Å². The fraction of sp³-hybridized carbons (Fsp3) is 0.385. The fourth-order valence-corrected chi connectivity index (χ4v) is 5.88. The van der Waals surface area contributed by atoms with Gasteiger partial charge in [-0.2, -0.15) is 9.28 Å². The zero-order valence-corrected chi connectivity index (χ0v) is 19.3. The van der Waals surface area contributed by atoms with E-state index in [-0.39, 0.29) is 30.5 Å². The number of Topliss-reactive ketones (excluding diaryl/α,β-unsaturated/α-hetero) is 1. The Morgan fingerprint density at radius 2 is 1.91 bits per heavy atom. The molecule has 0 radical (unpaired) electrons. The summed E-state index contributed by atoms with van der Waals surface area (Å²) in [6.45, 7) is 1.37. The van der Waals surface area contributed by atoms with Gasteiger partial charge in [0, 0.05) is 48.7 Å². The van der Waals surface area contributed by atoms with Crippen LogP contribution < -0.4 is 5.32 Å². The van der Waals surface area contributed by atoms with Gasteiger partial charge in [0.2, 0.25) is 12.0 Å². The van der Waals surface area contributed by atoms with Crippen LogP contribution in [0.1, 0.15) is 35.2 Å². The number of ether oxygens (including phenoxy) is 1. The number of aromatic nitrogens is 1. The zero-order chi connectivity index (χ0) is 24.0. The minimum absolute atomic E-state index is 0.0345. The van der Waals surface area contributed by atoms with Crippen molar-refractivity contribution in [2.45, 2.75) is 43.7 Å². The third-order valence-corrected chi connectivity index (χ3v) is 7.76. The third-order valence-electron chi connectivity index (χ3n) is 7.76. The molecule has 7 rings (SSSR count). The SMILES string of the molecule is O=C(C[N+]1(C(=O)O)C2CC(CC1C1CCN3CC=C(c4ccncc4)NC3=N1)O2)c1ccccc1. The van der Waals surface area contributed by atoms with Crippen LogP contribution in [0.2, 0.25) is 0 Å². The molecular weight excluding hydrogens is 446 g/mol. The van der Waals surface area contributed by atoms with Crippen molar-refractivity contribution >= 4 is 23.5 Å². The number of nitrogens with zero attached hydrogens (tertiary/aromatic N) is 4. The molecule has 35 heavy (non-hydrogen) atoms. The first-order valence-corrected chi connectivity index (χ1v) is 12.1. The number of pyridine rings is 1. The normalized spacial score (nSPS) is 31.3. The van der Waals surface area contributed by atoms with Crippen LogP contribution in [-0.4, -0.2) is 81.4 Å². The number of piperidine rings is 1. The number of ketones is 1. The van der Waals surface area contributed by atoms with Crippen molar-refractivity contribution in [3.8, 4) is 0 Å². The first kappa shape index (κ1) is 21.9. The van der Waals surface area contributed by atoms with Crippen LogP contribution in [0.25, 0.3) is 5.70 Å². The van der Waals surface area contributed by atoms with Crippen molar-refractivity contribution < 1.29 is 23.9 Å². The van der Waals surface area contributed by atoms with Gasteiger partial charge in [-0.3, -0.25) is 9.78 Å². The average molecular weight is 475 g/mol. The molecule has 5 aliphatic rings. The number of carbonyl (C=O) groups excluding carboxylic acids is 1. The predicted molar refractivity (Wildman–Crippen MR) is 128 cm³/mol. The van der Waals surface area contributed by atoms with Crippen molar-refractivity contribution in [2.75, 3.05) is 19.6 Å². The number of guanidine groups is 1. The van der Waals surface area contributed by atoms with Gasteiger partial charge in [-0.1, -0.05) is 30.3 Å². The van der Waals surface area contributed by atoms with Crippen LogP contribution in [0.15, 0.2) is 65.9 Å². The third kappa shape index (κ3) is 3.71. The molecular formula is C26H28N5O4+. The van der Waals surface area contributed by atoms with Gasteiger partial charge in [-0.05, 0) is 24.6 Å². The lowest BCUT2D eigenvalue weighted by Crippen LogP contribution is -2.78. The molecule has 1 aromatic heterocycles. The molecule has 1 amide bonds. The molecule has 5 aliphatic heterocycles. The number of aliphatic imine (C=N–C) groups is 1. The van der Waals surface area contributed by atoms with Crippen molar-refractivity contribution in [3.05, 3.63) is 72.1 Å². The van der Waals surface area contributed by atoms with Gasteiger partial charge in [0.1, 0.15) is 12.1 Å². The molecule has 1 aromatic carbocycles. The number of carbonyl (C=O) groups is 2. The summed E-state index contributed by atoms with van der Waals surface area (Å²) >= 11 is 0. The van der Waals surface area contributed by atoms with Gasteiger partial charge < -0.3 is 20.1 Å². The number of quaternary nitrogens is 1.